The number of benzene rings is 1. The quantitative estimate of drug-likeness (QED) is 0.750. The first kappa shape index (κ1) is 19.8. The number of nitrogens with zero attached hydrogens (tertiary/aromatic N) is 3. The van der Waals surface area contributed by atoms with E-state index in [9.17, 15) is 13.2 Å². The third kappa shape index (κ3) is 3.86. The molecule has 2 aliphatic heterocycles. The molecule has 0 aliphatic carbocycles. The second kappa shape index (κ2) is 7.76. The van der Waals surface area contributed by atoms with Gasteiger partial charge in [0.25, 0.3) is 5.91 Å². The fourth-order valence-corrected chi connectivity index (χ4v) is 5.20. The Bertz CT molecular complexity index is 963. The number of fused-ring (bicyclic) bond motifs is 2. The van der Waals surface area contributed by atoms with Crippen molar-refractivity contribution in [2.75, 3.05) is 14.1 Å². The topological polar surface area (TPSA) is 79.8 Å². The van der Waals surface area contributed by atoms with Crippen molar-refractivity contribution in [2.45, 2.75) is 48.8 Å². The standard InChI is InChI=1S/C21H25N3O4S/c1-23(2)29(26,27)20-7-3-15(4-8-20)21(25)24-16-5-6-17(24)14-19(13-16)28-18-9-11-22-12-10-18/h3-4,7-12,16-17,19H,5-6,13-14H2,1-2H3. The second-order valence-electron chi connectivity index (χ2n) is 7.80. The zero-order valence-corrected chi connectivity index (χ0v) is 17.4. The molecule has 2 unspecified atom stereocenters. The van der Waals surface area contributed by atoms with Crippen molar-refractivity contribution in [3.63, 3.8) is 0 Å². The van der Waals surface area contributed by atoms with E-state index in [1.165, 1.54) is 26.2 Å². The van der Waals surface area contributed by atoms with Gasteiger partial charge < -0.3 is 9.64 Å². The highest BCUT2D eigenvalue weighted by molar-refractivity contribution is 7.89. The van der Waals surface area contributed by atoms with Crippen LogP contribution in [0.2, 0.25) is 0 Å². The average molecular weight is 416 g/mol. The molecule has 2 atom stereocenters. The van der Waals surface area contributed by atoms with Gasteiger partial charge in [0.05, 0.1) is 4.90 Å². The molecular formula is C21H25N3O4S. The van der Waals surface area contributed by atoms with Gasteiger partial charge in [0.1, 0.15) is 11.9 Å². The summed E-state index contributed by atoms with van der Waals surface area (Å²) in [7, 11) is -0.522. The van der Waals surface area contributed by atoms with Crippen molar-refractivity contribution in [3.05, 3.63) is 54.4 Å². The number of carbonyl (C=O) groups excluding carboxylic acids is 1. The summed E-state index contributed by atoms with van der Waals surface area (Å²) in [5.74, 6) is 0.774. The van der Waals surface area contributed by atoms with Gasteiger partial charge in [0.2, 0.25) is 10.0 Å². The van der Waals surface area contributed by atoms with Crippen LogP contribution in [0.1, 0.15) is 36.0 Å². The Morgan fingerprint density at radius 3 is 2.17 bits per heavy atom. The van der Waals surface area contributed by atoms with Crippen molar-refractivity contribution in [3.8, 4) is 5.75 Å². The number of amides is 1. The van der Waals surface area contributed by atoms with Crippen LogP contribution in [0.4, 0.5) is 0 Å². The lowest BCUT2D eigenvalue weighted by Crippen LogP contribution is -2.49. The van der Waals surface area contributed by atoms with Crippen LogP contribution in [-0.4, -0.2) is 60.8 Å². The molecule has 1 amide bonds. The average Bonchev–Trinajstić information content (AvgIpc) is 2.98. The van der Waals surface area contributed by atoms with Gasteiger partial charge in [-0.25, -0.2) is 12.7 Å². The zero-order valence-electron chi connectivity index (χ0n) is 16.6. The van der Waals surface area contributed by atoms with Crippen LogP contribution in [0.15, 0.2) is 53.7 Å². The highest BCUT2D eigenvalue weighted by atomic mass is 32.2. The first-order valence-corrected chi connectivity index (χ1v) is 11.2. The minimum Gasteiger partial charge on any atom is -0.490 e. The van der Waals surface area contributed by atoms with Gasteiger partial charge in [-0.1, -0.05) is 0 Å². The smallest absolute Gasteiger partial charge is 0.254 e. The molecule has 0 spiro atoms. The first-order chi connectivity index (χ1) is 13.9. The first-order valence-electron chi connectivity index (χ1n) is 9.78. The Hall–Kier alpha value is -2.45. The lowest BCUT2D eigenvalue weighted by atomic mass is 9.98. The molecule has 8 heteroatoms. The highest BCUT2D eigenvalue weighted by Crippen LogP contribution is 2.38. The molecule has 0 N–H and O–H groups in total. The molecule has 0 radical (unpaired) electrons. The number of hydrogen-bond donors (Lipinski definition) is 0. The molecule has 29 heavy (non-hydrogen) atoms. The molecule has 2 fully saturated rings. The van der Waals surface area contributed by atoms with Crippen LogP contribution < -0.4 is 4.74 Å². The molecule has 154 valence electrons. The number of rotatable bonds is 5. The molecule has 2 aliphatic rings. The Kier molecular flexibility index (Phi) is 5.31. The third-order valence-electron chi connectivity index (χ3n) is 5.76. The minimum absolute atomic E-state index is 0.0336. The van der Waals surface area contributed by atoms with Crippen molar-refractivity contribution in [1.82, 2.24) is 14.2 Å². The summed E-state index contributed by atoms with van der Waals surface area (Å²) < 4.78 is 31.7. The third-order valence-corrected chi connectivity index (χ3v) is 7.59. The fourth-order valence-electron chi connectivity index (χ4n) is 4.29. The fraction of sp³-hybridized carbons (Fsp3) is 0.429. The van der Waals surface area contributed by atoms with Gasteiger partial charge in [-0.2, -0.15) is 0 Å². The Balaban J connectivity index is 1.46. The molecule has 1 aromatic heterocycles. The maximum absolute atomic E-state index is 13.1. The minimum atomic E-state index is -3.50. The summed E-state index contributed by atoms with van der Waals surface area (Å²) in [5, 5.41) is 0. The number of piperidine rings is 1. The van der Waals surface area contributed by atoms with E-state index in [0.717, 1.165) is 35.7 Å². The number of carbonyl (C=O) groups is 1. The summed E-state index contributed by atoms with van der Waals surface area (Å²) in [6.07, 6.45) is 7.06. The van der Waals surface area contributed by atoms with Gasteiger partial charge >= 0.3 is 0 Å². The maximum Gasteiger partial charge on any atom is 0.254 e. The number of hydrogen-bond acceptors (Lipinski definition) is 5. The Morgan fingerprint density at radius 1 is 1.03 bits per heavy atom. The van der Waals surface area contributed by atoms with E-state index in [1.807, 2.05) is 17.0 Å². The van der Waals surface area contributed by atoms with Crippen LogP contribution in [0.25, 0.3) is 0 Å². The van der Waals surface area contributed by atoms with Gasteiger partial charge in [-0.05, 0) is 49.2 Å². The molecular weight excluding hydrogens is 390 g/mol. The predicted octanol–water partition coefficient (Wildman–Crippen LogP) is 2.55. The molecule has 0 saturated carbocycles. The number of aromatic nitrogens is 1. The normalized spacial score (nSPS) is 24.0. The SMILES string of the molecule is CN(C)S(=O)(=O)c1ccc(C(=O)N2C3CCC2CC(Oc2ccncc2)C3)cc1. The van der Waals surface area contributed by atoms with Crippen molar-refractivity contribution >= 4 is 15.9 Å². The van der Waals surface area contributed by atoms with Crippen LogP contribution in [0.3, 0.4) is 0 Å². The van der Waals surface area contributed by atoms with Crippen LogP contribution in [0.5, 0.6) is 5.75 Å². The molecule has 2 bridgehead atoms. The van der Waals surface area contributed by atoms with E-state index in [0.29, 0.717) is 5.56 Å². The van der Waals surface area contributed by atoms with E-state index in [-0.39, 0.29) is 29.0 Å². The lowest BCUT2D eigenvalue weighted by molar-refractivity contribution is 0.0358. The summed E-state index contributed by atoms with van der Waals surface area (Å²) in [5.41, 5.74) is 0.521. The van der Waals surface area contributed by atoms with Crippen molar-refractivity contribution < 1.29 is 17.9 Å². The van der Waals surface area contributed by atoms with E-state index in [2.05, 4.69) is 4.98 Å². The van der Waals surface area contributed by atoms with E-state index in [4.69, 9.17) is 4.74 Å². The molecule has 7 nitrogen and oxygen atoms in total. The zero-order chi connectivity index (χ0) is 20.6. The number of ether oxygens (including phenoxy) is 1. The molecule has 4 rings (SSSR count). The maximum atomic E-state index is 13.1. The molecule has 2 aromatic rings. The molecule has 1 aromatic carbocycles. The summed E-state index contributed by atoms with van der Waals surface area (Å²) in [6.45, 7) is 0. The van der Waals surface area contributed by atoms with Gasteiger partial charge in [-0.15, -0.1) is 0 Å². The van der Waals surface area contributed by atoms with Gasteiger partial charge in [0.15, 0.2) is 0 Å². The van der Waals surface area contributed by atoms with Gasteiger partial charge in [-0.3, -0.25) is 9.78 Å². The van der Waals surface area contributed by atoms with Crippen LogP contribution >= 0.6 is 0 Å². The molecule has 3 heterocycles. The summed E-state index contributed by atoms with van der Waals surface area (Å²) in [6, 6.07) is 10.2. The van der Waals surface area contributed by atoms with Crippen molar-refractivity contribution in [1.29, 1.82) is 0 Å². The largest absolute Gasteiger partial charge is 0.490 e. The monoisotopic (exact) mass is 415 g/mol. The molecule has 2 saturated heterocycles. The number of pyridine rings is 1. The van der Waals surface area contributed by atoms with E-state index < -0.39 is 10.0 Å². The number of sulfonamides is 1. The Morgan fingerprint density at radius 2 is 1.62 bits per heavy atom. The lowest BCUT2D eigenvalue weighted by Gasteiger charge is -2.39. The van der Waals surface area contributed by atoms with Crippen LogP contribution in [0, 0.1) is 0 Å². The second-order valence-corrected chi connectivity index (χ2v) is 9.96. The highest BCUT2D eigenvalue weighted by Gasteiger charge is 2.44. The van der Waals surface area contributed by atoms with Crippen LogP contribution in [-0.2, 0) is 10.0 Å². The van der Waals surface area contributed by atoms with Crippen molar-refractivity contribution in [2.24, 2.45) is 0 Å². The Labute approximate surface area is 171 Å². The predicted molar refractivity (Wildman–Crippen MR) is 108 cm³/mol. The van der Waals surface area contributed by atoms with Gasteiger partial charge in [0, 0.05) is 57.0 Å². The summed E-state index contributed by atoms with van der Waals surface area (Å²) >= 11 is 0. The van der Waals surface area contributed by atoms with E-state index in [1.54, 1.807) is 24.5 Å². The summed E-state index contributed by atoms with van der Waals surface area (Å²) in [4.78, 5) is 19.3. The van der Waals surface area contributed by atoms with E-state index >= 15 is 0 Å².